The summed E-state index contributed by atoms with van der Waals surface area (Å²) in [6, 6.07) is 3.41. The van der Waals surface area contributed by atoms with E-state index < -0.39 is 17.5 Å². The number of benzene rings is 1. The van der Waals surface area contributed by atoms with Crippen molar-refractivity contribution in [2.24, 2.45) is 0 Å². The van der Waals surface area contributed by atoms with Crippen LogP contribution in [-0.2, 0) is 4.79 Å². The predicted octanol–water partition coefficient (Wildman–Crippen LogP) is 1.71. The van der Waals surface area contributed by atoms with Crippen LogP contribution in [0, 0.1) is 11.6 Å². The van der Waals surface area contributed by atoms with Crippen molar-refractivity contribution in [1.82, 2.24) is 10.2 Å². The summed E-state index contributed by atoms with van der Waals surface area (Å²) in [5.41, 5.74) is -0.270. The summed E-state index contributed by atoms with van der Waals surface area (Å²) in [5, 5.41) is 2.74. The number of piperidine rings is 1. The molecule has 4 nitrogen and oxygen atoms in total. The number of likely N-dealkylation sites (tertiary alicyclic amines) is 1. The Morgan fingerprint density at radius 3 is 2.80 bits per heavy atom. The number of carbonyl (C=O) groups excluding carboxylic acids is 2. The molecule has 0 radical (unpaired) electrons. The summed E-state index contributed by atoms with van der Waals surface area (Å²) >= 11 is 0. The number of rotatable bonds is 2. The lowest BCUT2D eigenvalue weighted by atomic mass is 10.0. The average Bonchev–Trinajstić information content (AvgIpc) is 2.41. The molecule has 20 heavy (non-hydrogen) atoms. The van der Waals surface area contributed by atoms with Crippen molar-refractivity contribution in [2.75, 3.05) is 13.1 Å². The Morgan fingerprint density at radius 1 is 1.35 bits per heavy atom. The number of carbonyl (C=O) groups is 2. The van der Waals surface area contributed by atoms with Crippen LogP contribution in [0.2, 0.25) is 0 Å². The highest BCUT2D eigenvalue weighted by molar-refractivity contribution is 5.94. The second-order valence-electron chi connectivity index (χ2n) is 4.89. The molecule has 2 rings (SSSR count). The lowest BCUT2D eigenvalue weighted by Crippen LogP contribution is -2.49. The Kier molecular flexibility index (Phi) is 4.32. The van der Waals surface area contributed by atoms with Crippen LogP contribution in [0.3, 0.4) is 0 Å². The zero-order chi connectivity index (χ0) is 14.7. The molecule has 1 N–H and O–H groups in total. The van der Waals surface area contributed by atoms with Crippen molar-refractivity contribution in [3.8, 4) is 0 Å². The molecule has 6 heteroatoms. The van der Waals surface area contributed by atoms with Gasteiger partial charge in [0, 0.05) is 26.1 Å². The fraction of sp³-hybridized carbons (Fsp3) is 0.429. The van der Waals surface area contributed by atoms with Gasteiger partial charge < -0.3 is 10.2 Å². The highest BCUT2D eigenvalue weighted by atomic mass is 19.2. The topological polar surface area (TPSA) is 49.4 Å². The Balaban J connectivity index is 2.12. The molecule has 2 amide bonds. The van der Waals surface area contributed by atoms with Crippen molar-refractivity contribution in [3.05, 3.63) is 35.4 Å². The molecule has 1 aromatic rings. The lowest BCUT2D eigenvalue weighted by molar-refractivity contribution is -0.120. The molecule has 0 aromatic heterocycles. The van der Waals surface area contributed by atoms with Crippen LogP contribution in [0.25, 0.3) is 0 Å². The van der Waals surface area contributed by atoms with E-state index in [4.69, 9.17) is 0 Å². The molecule has 1 saturated heterocycles. The second-order valence-corrected chi connectivity index (χ2v) is 4.89. The van der Waals surface area contributed by atoms with Gasteiger partial charge in [-0.25, -0.2) is 8.78 Å². The minimum atomic E-state index is -1.13. The number of halogens is 2. The number of amides is 2. The molecular formula is C14H16F2N2O2. The number of hydrogen-bond acceptors (Lipinski definition) is 2. The molecule has 1 unspecified atom stereocenters. The first-order valence-corrected chi connectivity index (χ1v) is 6.49. The van der Waals surface area contributed by atoms with Gasteiger partial charge in [0.1, 0.15) is 0 Å². The molecule has 1 atom stereocenters. The quantitative estimate of drug-likeness (QED) is 0.897. The predicted molar refractivity (Wildman–Crippen MR) is 69.1 cm³/mol. The van der Waals surface area contributed by atoms with Gasteiger partial charge in [-0.1, -0.05) is 6.07 Å². The Labute approximate surface area is 115 Å². The van der Waals surface area contributed by atoms with Crippen LogP contribution in [0.4, 0.5) is 8.78 Å². The second kappa shape index (κ2) is 5.98. The molecule has 108 valence electrons. The van der Waals surface area contributed by atoms with Gasteiger partial charge in [-0.2, -0.15) is 0 Å². The van der Waals surface area contributed by atoms with Crippen molar-refractivity contribution in [2.45, 2.75) is 25.8 Å². The monoisotopic (exact) mass is 282 g/mol. The number of hydrogen-bond donors (Lipinski definition) is 1. The standard InChI is InChI=1S/C14H16F2N2O2/c1-9(19)17-10-4-3-7-18(8-10)14(20)11-5-2-6-12(15)13(11)16/h2,5-6,10H,3-4,7-8H2,1H3,(H,17,19). The number of nitrogens with zero attached hydrogens (tertiary/aromatic N) is 1. The molecule has 1 aromatic carbocycles. The summed E-state index contributed by atoms with van der Waals surface area (Å²) in [5.74, 6) is -2.87. The van der Waals surface area contributed by atoms with Gasteiger partial charge in [-0.05, 0) is 25.0 Å². The minimum absolute atomic E-state index is 0.137. The molecule has 0 spiro atoms. The van der Waals surface area contributed by atoms with Crippen LogP contribution >= 0.6 is 0 Å². The SMILES string of the molecule is CC(=O)NC1CCCN(C(=O)c2cccc(F)c2F)C1. The molecule has 0 bridgehead atoms. The molecule has 0 aliphatic carbocycles. The first kappa shape index (κ1) is 14.4. The maximum atomic E-state index is 13.6. The summed E-state index contributed by atoms with van der Waals surface area (Å²) in [6.45, 7) is 2.20. The van der Waals surface area contributed by atoms with E-state index in [0.717, 1.165) is 12.5 Å². The van der Waals surface area contributed by atoms with E-state index in [1.807, 2.05) is 0 Å². The number of nitrogens with one attached hydrogen (secondary N) is 1. The molecular weight excluding hydrogens is 266 g/mol. The summed E-state index contributed by atoms with van der Waals surface area (Å²) in [6.07, 6.45) is 1.49. The Bertz CT molecular complexity index is 534. The Morgan fingerprint density at radius 2 is 2.10 bits per heavy atom. The van der Waals surface area contributed by atoms with Gasteiger partial charge in [0.15, 0.2) is 11.6 Å². The van der Waals surface area contributed by atoms with Crippen molar-refractivity contribution in [3.63, 3.8) is 0 Å². The minimum Gasteiger partial charge on any atom is -0.352 e. The summed E-state index contributed by atoms with van der Waals surface area (Å²) in [7, 11) is 0. The van der Waals surface area contributed by atoms with E-state index in [9.17, 15) is 18.4 Å². The highest BCUT2D eigenvalue weighted by Gasteiger charge is 2.27. The van der Waals surface area contributed by atoms with Gasteiger partial charge >= 0.3 is 0 Å². The fourth-order valence-corrected chi connectivity index (χ4v) is 2.41. The molecule has 1 aliphatic rings. The first-order valence-electron chi connectivity index (χ1n) is 6.49. The van der Waals surface area contributed by atoms with E-state index in [-0.39, 0.29) is 17.5 Å². The average molecular weight is 282 g/mol. The third-order valence-corrected chi connectivity index (χ3v) is 3.30. The lowest BCUT2D eigenvalue weighted by Gasteiger charge is -2.33. The fourth-order valence-electron chi connectivity index (χ4n) is 2.41. The maximum Gasteiger partial charge on any atom is 0.257 e. The van der Waals surface area contributed by atoms with Gasteiger partial charge in [-0.3, -0.25) is 9.59 Å². The zero-order valence-electron chi connectivity index (χ0n) is 11.2. The molecule has 1 heterocycles. The van der Waals surface area contributed by atoms with Gasteiger partial charge in [0.2, 0.25) is 5.91 Å². The maximum absolute atomic E-state index is 13.6. The van der Waals surface area contributed by atoms with Gasteiger partial charge in [0.05, 0.1) is 5.56 Å². The van der Waals surface area contributed by atoms with Crippen molar-refractivity contribution >= 4 is 11.8 Å². The normalized spacial score (nSPS) is 18.8. The van der Waals surface area contributed by atoms with Crippen molar-refractivity contribution < 1.29 is 18.4 Å². The van der Waals surface area contributed by atoms with Crippen LogP contribution < -0.4 is 5.32 Å². The van der Waals surface area contributed by atoms with Gasteiger partial charge in [-0.15, -0.1) is 0 Å². The summed E-state index contributed by atoms with van der Waals surface area (Å²) < 4.78 is 26.8. The first-order chi connectivity index (χ1) is 9.49. The van der Waals surface area contributed by atoms with E-state index >= 15 is 0 Å². The van der Waals surface area contributed by atoms with E-state index in [0.29, 0.717) is 19.5 Å². The largest absolute Gasteiger partial charge is 0.352 e. The smallest absolute Gasteiger partial charge is 0.257 e. The van der Waals surface area contributed by atoms with E-state index in [2.05, 4.69) is 5.32 Å². The summed E-state index contributed by atoms with van der Waals surface area (Å²) in [4.78, 5) is 24.7. The van der Waals surface area contributed by atoms with Crippen molar-refractivity contribution in [1.29, 1.82) is 0 Å². The van der Waals surface area contributed by atoms with Gasteiger partial charge in [0.25, 0.3) is 5.91 Å². The third kappa shape index (κ3) is 3.12. The van der Waals surface area contributed by atoms with E-state index in [1.54, 1.807) is 0 Å². The van der Waals surface area contributed by atoms with Crippen LogP contribution in [0.1, 0.15) is 30.1 Å². The van der Waals surface area contributed by atoms with Crippen LogP contribution in [0.5, 0.6) is 0 Å². The third-order valence-electron chi connectivity index (χ3n) is 3.30. The zero-order valence-corrected chi connectivity index (χ0v) is 11.2. The molecule has 1 aliphatic heterocycles. The highest BCUT2D eigenvalue weighted by Crippen LogP contribution is 2.17. The Hall–Kier alpha value is -1.98. The molecule has 1 fully saturated rings. The van der Waals surface area contributed by atoms with E-state index in [1.165, 1.54) is 24.0 Å². The van der Waals surface area contributed by atoms with Crippen LogP contribution in [-0.4, -0.2) is 35.8 Å². The molecule has 0 saturated carbocycles. The van der Waals surface area contributed by atoms with Crippen LogP contribution in [0.15, 0.2) is 18.2 Å².